The highest BCUT2D eigenvalue weighted by atomic mass is 16.7. The summed E-state index contributed by atoms with van der Waals surface area (Å²) in [5.41, 5.74) is 1.05. The second-order valence-corrected chi connectivity index (χ2v) is 9.03. The number of hydrogen-bond donors (Lipinski definition) is 1. The lowest BCUT2D eigenvalue weighted by molar-refractivity contribution is -0.345. The molecule has 6 aliphatic rings. The monoisotopic (exact) mass is 330 g/mol. The van der Waals surface area contributed by atoms with Crippen LogP contribution in [0.1, 0.15) is 39.0 Å². The molecular weight excluding hydrogens is 304 g/mol. The van der Waals surface area contributed by atoms with Crippen molar-refractivity contribution in [1.82, 2.24) is 0 Å². The van der Waals surface area contributed by atoms with Gasteiger partial charge >= 0.3 is 0 Å². The summed E-state index contributed by atoms with van der Waals surface area (Å²) in [5, 5.41) is 11.1. The van der Waals surface area contributed by atoms with Gasteiger partial charge in [0.1, 0.15) is 0 Å². The van der Waals surface area contributed by atoms with Gasteiger partial charge in [-0.25, -0.2) is 0 Å². The lowest BCUT2D eigenvalue weighted by Gasteiger charge is -2.74. The normalized spacial score (nSPS) is 55.2. The molecule has 130 valence electrons. The van der Waals surface area contributed by atoms with Crippen molar-refractivity contribution in [3.8, 4) is 0 Å². The van der Waals surface area contributed by atoms with Crippen LogP contribution in [0.15, 0.2) is 23.8 Å². The minimum Gasteiger partial charge on any atom is -0.392 e. The summed E-state index contributed by atoms with van der Waals surface area (Å²) in [4.78, 5) is 13.1. The average Bonchev–Trinajstić information content (AvgIpc) is 2.51. The molecule has 6 rings (SSSR count). The van der Waals surface area contributed by atoms with Gasteiger partial charge in [0, 0.05) is 24.0 Å². The van der Waals surface area contributed by atoms with E-state index in [1.165, 1.54) is 5.57 Å². The molecule has 1 spiro atoms. The van der Waals surface area contributed by atoms with Crippen molar-refractivity contribution in [3.05, 3.63) is 23.8 Å². The Morgan fingerprint density at radius 2 is 2.21 bits per heavy atom. The number of ether oxygens (including phenoxy) is 2. The number of methoxy groups -OCH3 is 1. The molecular formula is C20H26O4. The van der Waals surface area contributed by atoms with E-state index < -0.39 is 11.5 Å². The van der Waals surface area contributed by atoms with Gasteiger partial charge in [-0.1, -0.05) is 31.6 Å². The van der Waals surface area contributed by atoms with Gasteiger partial charge in [0.2, 0.25) is 0 Å². The SMILES string of the molecule is C=C1C=C2C[C@@]3(C1=O)C2[C@@]12CCC[C@@](C)(CO[C@H]1OC)C2C[C@H]3O. The van der Waals surface area contributed by atoms with Gasteiger partial charge in [-0.15, -0.1) is 0 Å². The molecule has 1 saturated heterocycles. The molecule has 0 radical (unpaired) electrons. The molecule has 24 heavy (non-hydrogen) atoms. The van der Waals surface area contributed by atoms with E-state index >= 15 is 0 Å². The van der Waals surface area contributed by atoms with Gasteiger partial charge in [-0.05, 0) is 37.0 Å². The van der Waals surface area contributed by atoms with E-state index in [2.05, 4.69) is 13.5 Å². The fourth-order valence-corrected chi connectivity index (χ4v) is 7.34. The molecule has 0 aromatic rings. The molecule has 5 aliphatic carbocycles. The Morgan fingerprint density at radius 3 is 2.96 bits per heavy atom. The minimum absolute atomic E-state index is 0.0514. The summed E-state index contributed by atoms with van der Waals surface area (Å²) >= 11 is 0. The highest BCUT2D eigenvalue weighted by molar-refractivity contribution is 6.06. The molecule has 4 bridgehead atoms. The lowest BCUT2D eigenvalue weighted by Crippen LogP contribution is -2.75. The summed E-state index contributed by atoms with van der Waals surface area (Å²) in [5.74, 6) is 0.450. The molecule has 2 unspecified atom stereocenters. The second-order valence-electron chi connectivity index (χ2n) is 9.03. The first-order valence-electron chi connectivity index (χ1n) is 9.17. The maximum Gasteiger partial charge on any atom is 0.171 e. The number of rotatable bonds is 1. The van der Waals surface area contributed by atoms with Gasteiger partial charge in [-0.2, -0.15) is 0 Å². The number of carbonyl (C=O) groups is 1. The van der Waals surface area contributed by atoms with E-state index in [4.69, 9.17) is 9.47 Å². The van der Waals surface area contributed by atoms with Crippen LogP contribution in [0, 0.1) is 28.1 Å². The Balaban J connectivity index is 1.73. The first-order chi connectivity index (χ1) is 11.4. The zero-order valence-corrected chi connectivity index (χ0v) is 14.5. The molecule has 7 atom stereocenters. The predicted molar refractivity (Wildman–Crippen MR) is 88.0 cm³/mol. The van der Waals surface area contributed by atoms with Crippen LogP contribution >= 0.6 is 0 Å². The van der Waals surface area contributed by atoms with Gasteiger partial charge < -0.3 is 14.6 Å². The van der Waals surface area contributed by atoms with Gasteiger partial charge in [0.25, 0.3) is 0 Å². The first kappa shape index (κ1) is 15.3. The zero-order chi connectivity index (χ0) is 16.9. The molecule has 4 heteroatoms. The molecule has 1 N–H and O–H groups in total. The molecule has 0 aromatic carbocycles. The van der Waals surface area contributed by atoms with Crippen LogP contribution in [0.3, 0.4) is 0 Å². The number of allylic oxidation sites excluding steroid dienone is 3. The standard InChI is InChI=1S/C20H26O4/c1-11-7-12-9-20(16(11)22)14(21)8-13-18(2)5-4-6-19(13,15(12)20)17(23-3)24-10-18/h7,13-15,17,21H,1,4-6,8-10H2,2-3H3/t13?,14-,15?,17-,18+,19+,20+/m1/s1. The lowest BCUT2D eigenvalue weighted by atomic mass is 9.32. The third-order valence-electron chi connectivity index (χ3n) is 8.11. The van der Waals surface area contributed by atoms with Crippen molar-refractivity contribution in [2.45, 2.75) is 51.4 Å². The first-order valence-corrected chi connectivity index (χ1v) is 9.17. The summed E-state index contributed by atoms with van der Waals surface area (Å²) < 4.78 is 12.0. The number of carbonyl (C=O) groups excluding carboxylic acids is 1. The zero-order valence-electron chi connectivity index (χ0n) is 14.5. The molecule has 1 aliphatic heterocycles. The van der Waals surface area contributed by atoms with Crippen molar-refractivity contribution >= 4 is 5.78 Å². The van der Waals surface area contributed by atoms with Crippen LogP contribution in [-0.4, -0.2) is 37.0 Å². The van der Waals surface area contributed by atoms with Crippen LogP contribution < -0.4 is 0 Å². The number of ketones is 1. The van der Waals surface area contributed by atoms with Crippen LogP contribution in [0.2, 0.25) is 0 Å². The number of aliphatic hydroxyl groups is 1. The maximum absolute atomic E-state index is 13.1. The summed E-state index contributed by atoms with van der Waals surface area (Å²) in [7, 11) is 1.72. The number of hydrogen-bond acceptors (Lipinski definition) is 4. The van der Waals surface area contributed by atoms with Crippen molar-refractivity contribution in [2.75, 3.05) is 13.7 Å². The largest absolute Gasteiger partial charge is 0.392 e. The van der Waals surface area contributed by atoms with E-state index in [1.54, 1.807) is 7.11 Å². The smallest absolute Gasteiger partial charge is 0.171 e. The second kappa shape index (κ2) is 4.40. The molecule has 1 heterocycles. The molecule has 4 nitrogen and oxygen atoms in total. The molecule has 0 aromatic heterocycles. The Hall–Kier alpha value is -0.970. The van der Waals surface area contributed by atoms with Crippen molar-refractivity contribution < 1.29 is 19.4 Å². The van der Waals surface area contributed by atoms with E-state index in [1.807, 2.05) is 6.08 Å². The van der Waals surface area contributed by atoms with Crippen molar-refractivity contribution in [2.24, 2.45) is 28.1 Å². The fourth-order valence-electron chi connectivity index (χ4n) is 7.34. The Labute approximate surface area is 142 Å². The van der Waals surface area contributed by atoms with Crippen LogP contribution in [0.25, 0.3) is 0 Å². The Morgan fingerprint density at radius 1 is 1.42 bits per heavy atom. The van der Waals surface area contributed by atoms with Crippen molar-refractivity contribution in [3.63, 3.8) is 0 Å². The van der Waals surface area contributed by atoms with E-state index in [0.717, 1.165) is 19.3 Å². The van der Waals surface area contributed by atoms with Crippen LogP contribution in [0.5, 0.6) is 0 Å². The Kier molecular flexibility index (Phi) is 2.81. The van der Waals surface area contributed by atoms with Gasteiger partial charge in [-0.3, -0.25) is 4.79 Å². The van der Waals surface area contributed by atoms with Gasteiger partial charge in [0.15, 0.2) is 12.1 Å². The highest BCUT2D eigenvalue weighted by Crippen LogP contribution is 2.76. The van der Waals surface area contributed by atoms with Gasteiger partial charge in [0.05, 0.1) is 18.1 Å². The maximum atomic E-state index is 13.1. The summed E-state index contributed by atoms with van der Waals surface area (Å²) in [6.07, 6.45) is 5.78. The third kappa shape index (κ3) is 1.39. The van der Waals surface area contributed by atoms with E-state index in [-0.39, 0.29) is 28.8 Å². The van der Waals surface area contributed by atoms with Crippen LogP contribution in [-0.2, 0) is 14.3 Å². The molecule has 0 amide bonds. The Bertz CT molecular complexity index is 681. The summed E-state index contributed by atoms with van der Waals surface area (Å²) in [6.45, 7) is 6.91. The number of Topliss-reactive ketones (excluding diaryl/α,β-unsaturated/α-hetero) is 1. The molecule has 3 saturated carbocycles. The summed E-state index contributed by atoms with van der Waals surface area (Å²) in [6, 6.07) is 0. The topological polar surface area (TPSA) is 55.8 Å². The minimum atomic E-state index is -0.673. The highest BCUT2D eigenvalue weighted by Gasteiger charge is 2.77. The number of fused-ring (bicyclic) bond motifs is 2. The predicted octanol–water partition coefficient (Wildman–Crippen LogP) is 2.62. The number of aliphatic hydroxyl groups excluding tert-OH is 1. The van der Waals surface area contributed by atoms with Crippen molar-refractivity contribution in [1.29, 1.82) is 0 Å². The fraction of sp³-hybridized carbons (Fsp3) is 0.750. The van der Waals surface area contributed by atoms with E-state index in [0.29, 0.717) is 30.9 Å². The molecule has 4 fully saturated rings. The third-order valence-corrected chi connectivity index (χ3v) is 8.11. The quantitative estimate of drug-likeness (QED) is 0.751. The average molecular weight is 330 g/mol. The van der Waals surface area contributed by atoms with Crippen LogP contribution in [0.4, 0.5) is 0 Å². The van der Waals surface area contributed by atoms with E-state index in [9.17, 15) is 9.90 Å².